The van der Waals surface area contributed by atoms with E-state index in [-0.39, 0.29) is 18.5 Å². The lowest BCUT2D eigenvalue weighted by molar-refractivity contribution is -0.122. The molecule has 0 aliphatic heterocycles. The second-order valence-corrected chi connectivity index (χ2v) is 4.50. The van der Waals surface area contributed by atoms with Crippen molar-refractivity contribution in [3.05, 3.63) is 42.6 Å². The highest BCUT2D eigenvalue weighted by Gasteiger charge is 2.17. The normalized spacial score (nSPS) is 12.6. The van der Waals surface area contributed by atoms with Crippen LogP contribution in [0.25, 0.3) is 0 Å². The van der Waals surface area contributed by atoms with Crippen LogP contribution in [0.1, 0.15) is 11.8 Å². The molecule has 19 heavy (non-hydrogen) atoms. The van der Waals surface area contributed by atoms with Crippen molar-refractivity contribution in [2.75, 3.05) is 20.6 Å². The number of hydrogen-bond acceptors (Lipinski definition) is 4. The van der Waals surface area contributed by atoms with Gasteiger partial charge in [-0.2, -0.15) is 5.10 Å². The van der Waals surface area contributed by atoms with Gasteiger partial charge < -0.3 is 9.73 Å². The smallest absolute Gasteiger partial charge is 0.241 e. The average molecular weight is 262 g/mol. The molecule has 0 aliphatic carbocycles. The molecule has 0 saturated heterocycles. The number of hydrogen-bond donors (Lipinski definition) is 1. The summed E-state index contributed by atoms with van der Waals surface area (Å²) in [5, 5.41) is 6.88. The molecular weight excluding hydrogens is 244 g/mol. The Morgan fingerprint density at radius 2 is 2.37 bits per heavy atom. The Kier molecular flexibility index (Phi) is 4.35. The van der Waals surface area contributed by atoms with Crippen LogP contribution < -0.4 is 5.32 Å². The van der Waals surface area contributed by atoms with Gasteiger partial charge in [0.15, 0.2) is 0 Å². The van der Waals surface area contributed by atoms with E-state index in [4.69, 9.17) is 4.42 Å². The molecule has 2 heterocycles. The first-order valence-corrected chi connectivity index (χ1v) is 6.11. The Morgan fingerprint density at radius 3 is 2.95 bits per heavy atom. The third kappa shape index (κ3) is 3.69. The molecule has 1 atom stereocenters. The predicted molar refractivity (Wildman–Crippen MR) is 70.4 cm³/mol. The highest BCUT2D eigenvalue weighted by Crippen LogP contribution is 2.17. The van der Waals surface area contributed by atoms with Gasteiger partial charge in [0, 0.05) is 18.9 Å². The maximum Gasteiger partial charge on any atom is 0.241 e. The molecule has 2 aromatic heterocycles. The van der Waals surface area contributed by atoms with Gasteiger partial charge in [0.05, 0.1) is 12.3 Å². The Morgan fingerprint density at radius 1 is 1.53 bits per heavy atom. The summed E-state index contributed by atoms with van der Waals surface area (Å²) in [5.74, 6) is 0.770. The van der Waals surface area contributed by atoms with E-state index >= 15 is 0 Å². The van der Waals surface area contributed by atoms with Crippen molar-refractivity contribution in [2.45, 2.75) is 12.6 Å². The Bertz CT molecular complexity index is 491. The topological polar surface area (TPSA) is 63.3 Å². The van der Waals surface area contributed by atoms with E-state index in [0.717, 1.165) is 5.76 Å². The summed E-state index contributed by atoms with van der Waals surface area (Å²) in [7, 11) is 3.90. The van der Waals surface area contributed by atoms with Crippen molar-refractivity contribution in [3.63, 3.8) is 0 Å². The van der Waals surface area contributed by atoms with Gasteiger partial charge in [-0.25, -0.2) is 0 Å². The van der Waals surface area contributed by atoms with E-state index in [1.807, 2.05) is 31.1 Å². The lowest BCUT2D eigenvalue weighted by atomic mass is 10.2. The number of amides is 1. The number of furan rings is 1. The van der Waals surface area contributed by atoms with Crippen LogP contribution in [0.15, 0.2) is 41.3 Å². The number of nitrogens with zero attached hydrogens (tertiary/aromatic N) is 3. The Balaban J connectivity index is 1.87. The summed E-state index contributed by atoms with van der Waals surface area (Å²) in [6.07, 6.45) is 5.05. The number of carbonyl (C=O) groups excluding carboxylic acids is 1. The minimum atomic E-state index is -0.0675. The van der Waals surface area contributed by atoms with Crippen LogP contribution in [0.4, 0.5) is 0 Å². The highest BCUT2D eigenvalue weighted by molar-refractivity contribution is 5.75. The Labute approximate surface area is 112 Å². The molecule has 0 bridgehead atoms. The van der Waals surface area contributed by atoms with E-state index in [1.165, 1.54) is 0 Å². The molecule has 0 aromatic carbocycles. The van der Waals surface area contributed by atoms with Crippen LogP contribution in [0, 0.1) is 0 Å². The summed E-state index contributed by atoms with van der Waals surface area (Å²) in [6, 6.07) is 5.57. The number of nitrogens with one attached hydrogen (secondary N) is 1. The summed E-state index contributed by atoms with van der Waals surface area (Å²) in [6.45, 7) is 0.728. The molecule has 0 fully saturated rings. The predicted octanol–water partition coefficient (Wildman–Crippen LogP) is 0.895. The number of rotatable bonds is 6. The average Bonchev–Trinajstić information content (AvgIpc) is 3.01. The third-order valence-corrected chi connectivity index (χ3v) is 2.85. The van der Waals surface area contributed by atoms with Crippen LogP contribution in [0.3, 0.4) is 0 Å². The minimum Gasteiger partial charge on any atom is -0.468 e. The zero-order valence-electron chi connectivity index (χ0n) is 11.1. The number of aromatic nitrogens is 2. The molecule has 0 saturated carbocycles. The van der Waals surface area contributed by atoms with Crippen molar-refractivity contribution in [1.82, 2.24) is 20.0 Å². The largest absolute Gasteiger partial charge is 0.468 e. The van der Waals surface area contributed by atoms with Gasteiger partial charge in [0.2, 0.25) is 5.91 Å². The van der Waals surface area contributed by atoms with Gasteiger partial charge in [-0.15, -0.1) is 0 Å². The number of carbonyl (C=O) groups is 1. The number of likely N-dealkylation sites (N-methyl/N-ethyl adjacent to an activating group) is 1. The molecule has 2 aromatic rings. The lowest BCUT2D eigenvalue weighted by Gasteiger charge is -2.22. The monoisotopic (exact) mass is 262 g/mol. The van der Waals surface area contributed by atoms with E-state index < -0.39 is 0 Å². The highest BCUT2D eigenvalue weighted by atomic mass is 16.3. The fraction of sp³-hybridized carbons (Fsp3) is 0.385. The van der Waals surface area contributed by atoms with Gasteiger partial charge in [-0.1, -0.05) is 0 Å². The maximum absolute atomic E-state index is 11.8. The van der Waals surface area contributed by atoms with Gasteiger partial charge in [0.1, 0.15) is 12.3 Å². The van der Waals surface area contributed by atoms with E-state index in [9.17, 15) is 4.79 Å². The van der Waals surface area contributed by atoms with Gasteiger partial charge in [-0.3, -0.25) is 14.4 Å². The molecule has 1 amide bonds. The van der Waals surface area contributed by atoms with E-state index in [2.05, 4.69) is 10.4 Å². The van der Waals surface area contributed by atoms with Gasteiger partial charge >= 0.3 is 0 Å². The summed E-state index contributed by atoms with van der Waals surface area (Å²) >= 11 is 0. The zero-order valence-corrected chi connectivity index (χ0v) is 11.1. The first-order valence-electron chi connectivity index (χ1n) is 6.11. The summed E-state index contributed by atoms with van der Waals surface area (Å²) in [5.41, 5.74) is 0. The van der Waals surface area contributed by atoms with Crippen LogP contribution >= 0.6 is 0 Å². The summed E-state index contributed by atoms with van der Waals surface area (Å²) in [4.78, 5) is 13.8. The van der Waals surface area contributed by atoms with Crippen molar-refractivity contribution in [3.8, 4) is 0 Å². The standard InChI is InChI=1S/C13H18N4O2/c1-16(2)11(12-5-3-8-19-12)9-14-13(18)10-17-7-4-6-15-17/h3-8,11H,9-10H2,1-2H3,(H,14,18). The van der Waals surface area contributed by atoms with Crippen LogP contribution in [-0.4, -0.2) is 41.2 Å². The molecule has 1 N–H and O–H groups in total. The fourth-order valence-electron chi connectivity index (χ4n) is 1.83. The third-order valence-electron chi connectivity index (χ3n) is 2.85. The van der Waals surface area contributed by atoms with Crippen molar-refractivity contribution < 1.29 is 9.21 Å². The SMILES string of the molecule is CN(C)C(CNC(=O)Cn1cccn1)c1ccco1. The Hall–Kier alpha value is -2.08. The molecule has 0 aliphatic rings. The lowest BCUT2D eigenvalue weighted by Crippen LogP contribution is -2.36. The van der Waals surface area contributed by atoms with Crippen LogP contribution in [-0.2, 0) is 11.3 Å². The molecule has 6 nitrogen and oxygen atoms in total. The van der Waals surface area contributed by atoms with Gasteiger partial charge in [-0.05, 0) is 32.3 Å². The zero-order chi connectivity index (χ0) is 13.7. The van der Waals surface area contributed by atoms with Crippen LogP contribution in [0.2, 0.25) is 0 Å². The molecular formula is C13H18N4O2. The molecule has 6 heteroatoms. The van der Waals surface area contributed by atoms with E-state index in [0.29, 0.717) is 6.54 Å². The minimum absolute atomic E-state index is 0.0246. The van der Waals surface area contributed by atoms with E-state index in [1.54, 1.807) is 29.4 Å². The molecule has 0 spiro atoms. The fourth-order valence-corrected chi connectivity index (χ4v) is 1.83. The van der Waals surface area contributed by atoms with Crippen molar-refractivity contribution >= 4 is 5.91 Å². The molecule has 0 radical (unpaired) electrons. The summed E-state index contributed by atoms with van der Waals surface area (Å²) < 4.78 is 6.97. The second kappa shape index (κ2) is 6.19. The first-order chi connectivity index (χ1) is 9.16. The van der Waals surface area contributed by atoms with Gasteiger partial charge in [0.25, 0.3) is 0 Å². The first kappa shape index (κ1) is 13.4. The van der Waals surface area contributed by atoms with Crippen molar-refractivity contribution in [1.29, 1.82) is 0 Å². The molecule has 102 valence electrons. The quantitative estimate of drug-likeness (QED) is 0.840. The molecule has 1 unspecified atom stereocenters. The van der Waals surface area contributed by atoms with Crippen LogP contribution in [0.5, 0.6) is 0 Å². The second-order valence-electron chi connectivity index (χ2n) is 4.50. The van der Waals surface area contributed by atoms with Crippen molar-refractivity contribution in [2.24, 2.45) is 0 Å². The molecule has 2 rings (SSSR count). The maximum atomic E-state index is 11.8.